The maximum absolute atomic E-state index is 6.60. The summed E-state index contributed by atoms with van der Waals surface area (Å²) in [4.78, 5) is 0. The van der Waals surface area contributed by atoms with Crippen molar-refractivity contribution in [3.63, 3.8) is 0 Å². The molecule has 1 spiro atoms. The number of benzene rings is 7. The number of rotatable bonds is 1. The fourth-order valence-electron chi connectivity index (χ4n) is 7.23. The van der Waals surface area contributed by atoms with Gasteiger partial charge in [-0.1, -0.05) is 121 Å². The highest BCUT2D eigenvalue weighted by Crippen LogP contribution is 2.62. The minimum absolute atomic E-state index is 0.444. The van der Waals surface area contributed by atoms with E-state index in [4.69, 9.17) is 4.74 Å². The van der Waals surface area contributed by atoms with E-state index in [1.807, 2.05) is 0 Å². The molecule has 0 amide bonds. The highest BCUT2D eigenvalue weighted by molar-refractivity contribution is 6.08. The van der Waals surface area contributed by atoms with Crippen LogP contribution < -0.4 is 4.74 Å². The molecule has 1 heteroatoms. The largest absolute Gasteiger partial charge is 0.457 e. The van der Waals surface area contributed by atoms with Crippen molar-refractivity contribution in [2.75, 3.05) is 0 Å². The molecule has 0 aromatic heterocycles. The van der Waals surface area contributed by atoms with Gasteiger partial charge in [0.2, 0.25) is 0 Å². The summed E-state index contributed by atoms with van der Waals surface area (Å²) in [6.07, 6.45) is 0. The van der Waals surface area contributed by atoms with Gasteiger partial charge in [-0.15, -0.1) is 0 Å². The van der Waals surface area contributed by atoms with E-state index in [1.165, 1.54) is 66.1 Å². The fraction of sp³-hybridized carbons (Fsp3) is 0.0256. The van der Waals surface area contributed by atoms with Crippen molar-refractivity contribution in [3.05, 3.63) is 168 Å². The predicted molar refractivity (Wildman–Crippen MR) is 164 cm³/mol. The van der Waals surface area contributed by atoms with Crippen LogP contribution >= 0.6 is 0 Å². The summed E-state index contributed by atoms with van der Waals surface area (Å²) in [5, 5.41) is 5.10. The molecular weight excluding hydrogens is 484 g/mol. The zero-order chi connectivity index (χ0) is 26.3. The van der Waals surface area contributed by atoms with E-state index in [-0.39, 0.29) is 0 Å². The molecule has 9 rings (SSSR count). The molecule has 7 aromatic rings. The number of para-hydroxylation sites is 1. The first-order valence-corrected chi connectivity index (χ1v) is 13.9. The van der Waals surface area contributed by atoms with Crippen molar-refractivity contribution in [1.82, 2.24) is 0 Å². The van der Waals surface area contributed by atoms with Crippen molar-refractivity contribution < 1.29 is 4.74 Å². The summed E-state index contributed by atoms with van der Waals surface area (Å²) in [6.45, 7) is 0. The molecular formula is C39H24O. The van der Waals surface area contributed by atoms with Gasteiger partial charge in [-0.3, -0.25) is 0 Å². The van der Waals surface area contributed by atoms with Gasteiger partial charge in [0, 0.05) is 11.1 Å². The van der Waals surface area contributed by atoms with E-state index in [0.29, 0.717) is 0 Å². The van der Waals surface area contributed by atoms with Crippen LogP contribution in [0.25, 0.3) is 43.8 Å². The van der Waals surface area contributed by atoms with Crippen molar-refractivity contribution in [2.24, 2.45) is 0 Å². The van der Waals surface area contributed by atoms with Crippen molar-refractivity contribution in [1.29, 1.82) is 0 Å². The van der Waals surface area contributed by atoms with Crippen LogP contribution in [0.2, 0.25) is 0 Å². The Kier molecular flexibility index (Phi) is 4.32. The van der Waals surface area contributed by atoms with E-state index in [0.717, 1.165) is 11.5 Å². The lowest BCUT2D eigenvalue weighted by Gasteiger charge is -2.39. The molecule has 0 radical (unpaired) electrons. The molecule has 40 heavy (non-hydrogen) atoms. The van der Waals surface area contributed by atoms with Crippen LogP contribution in [0.1, 0.15) is 22.3 Å². The van der Waals surface area contributed by atoms with E-state index < -0.39 is 5.41 Å². The third-order valence-corrected chi connectivity index (χ3v) is 8.93. The topological polar surface area (TPSA) is 9.23 Å². The highest BCUT2D eigenvalue weighted by Gasteiger charge is 2.50. The van der Waals surface area contributed by atoms with Crippen LogP contribution in [0.5, 0.6) is 11.5 Å². The van der Waals surface area contributed by atoms with Gasteiger partial charge in [-0.2, -0.15) is 0 Å². The summed E-state index contributed by atoms with van der Waals surface area (Å²) >= 11 is 0. The lowest BCUT2D eigenvalue weighted by atomic mass is 9.66. The lowest BCUT2D eigenvalue weighted by molar-refractivity contribution is 0.436. The molecule has 0 saturated heterocycles. The van der Waals surface area contributed by atoms with E-state index >= 15 is 0 Å². The van der Waals surface area contributed by atoms with Crippen LogP contribution in [0.4, 0.5) is 0 Å². The van der Waals surface area contributed by atoms with Gasteiger partial charge in [-0.05, 0) is 79.2 Å². The maximum atomic E-state index is 6.60. The van der Waals surface area contributed by atoms with Crippen molar-refractivity contribution in [2.45, 2.75) is 5.41 Å². The summed E-state index contributed by atoms with van der Waals surface area (Å²) in [5.74, 6) is 1.84. The Morgan fingerprint density at radius 1 is 0.375 bits per heavy atom. The van der Waals surface area contributed by atoms with Gasteiger partial charge < -0.3 is 4.74 Å². The molecule has 0 N–H and O–H groups in total. The second-order valence-electron chi connectivity index (χ2n) is 10.9. The number of fused-ring (bicyclic) bond motifs is 12. The van der Waals surface area contributed by atoms with Gasteiger partial charge in [0.1, 0.15) is 11.5 Å². The summed E-state index contributed by atoms with van der Waals surface area (Å²) in [7, 11) is 0. The molecule has 1 heterocycles. The molecule has 1 nitrogen and oxygen atoms in total. The standard InChI is InChI=1S/C39H24O/c1-2-10-29-25(9-1)17-18-28-23-26(19-21-30(28)29)27-20-22-38-36(24-27)39(35-15-7-8-16-37(35)40-38)33-13-5-3-11-31(33)32-12-4-6-14-34(32)39/h1-24H. The van der Waals surface area contributed by atoms with Gasteiger partial charge in [0.05, 0.1) is 5.41 Å². The molecule has 0 atom stereocenters. The summed E-state index contributed by atoms with van der Waals surface area (Å²) in [6, 6.07) is 53.0. The Balaban J connectivity index is 1.33. The number of hydrogen-bond donors (Lipinski definition) is 0. The lowest BCUT2D eigenvalue weighted by Crippen LogP contribution is -2.32. The van der Waals surface area contributed by atoms with Crippen LogP contribution in [0.3, 0.4) is 0 Å². The molecule has 1 aliphatic heterocycles. The van der Waals surface area contributed by atoms with E-state index in [2.05, 4.69) is 146 Å². The van der Waals surface area contributed by atoms with E-state index in [1.54, 1.807) is 0 Å². The minimum Gasteiger partial charge on any atom is -0.457 e. The Labute approximate surface area is 232 Å². The Bertz CT molecular complexity index is 2110. The maximum Gasteiger partial charge on any atom is 0.132 e. The first-order valence-electron chi connectivity index (χ1n) is 13.9. The van der Waals surface area contributed by atoms with Gasteiger partial charge >= 0.3 is 0 Å². The Morgan fingerprint density at radius 3 is 1.77 bits per heavy atom. The van der Waals surface area contributed by atoms with Crippen LogP contribution in [0.15, 0.2) is 146 Å². The quantitative estimate of drug-likeness (QED) is 0.200. The molecule has 7 aromatic carbocycles. The van der Waals surface area contributed by atoms with Crippen molar-refractivity contribution >= 4 is 21.5 Å². The summed E-state index contributed by atoms with van der Waals surface area (Å²) in [5.41, 5.74) is 9.57. The first kappa shape index (κ1) is 21.8. The smallest absolute Gasteiger partial charge is 0.132 e. The van der Waals surface area contributed by atoms with Crippen LogP contribution in [-0.2, 0) is 5.41 Å². The molecule has 186 valence electrons. The predicted octanol–water partition coefficient (Wildman–Crippen LogP) is 10.1. The molecule has 0 fully saturated rings. The highest BCUT2D eigenvalue weighted by atomic mass is 16.5. The third-order valence-electron chi connectivity index (χ3n) is 8.93. The fourth-order valence-corrected chi connectivity index (χ4v) is 7.23. The SMILES string of the molecule is c1ccc2c(c1)Oc1ccc(-c3ccc4c(ccc5ccccc54)c3)cc1C21c2ccccc2-c2ccccc21. The second kappa shape index (κ2) is 7.94. The molecule has 0 saturated carbocycles. The monoisotopic (exact) mass is 508 g/mol. The Hall–Kier alpha value is -5.14. The molecule has 2 aliphatic rings. The van der Waals surface area contributed by atoms with Crippen LogP contribution in [0, 0.1) is 0 Å². The molecule has 1 aliphatic carbocycles. The minimum atomic E-state index is -0.444. The Morgan fingerprint density at radius 2 is 0.950 bits per heavy atom. The first-order chi connectivity index (χ1) is 19.8. The van der Waals surface area contributed by atoms with E-state index in [9.17, 15) is 0 Å². The normalized spacial score (nSPS) is 13.9. The number of hydrogen-bond acceptors (Lipinski definition) is 1. The zero-order valence-corrected chi connectivity index (χ0v) is 21.8. The van der Waals surface area contributed by atoms with Crippen molar-refractivity contribution in [3.8, 4) is 33.8 Å². The molecule has 0 unspecified atom stereocenters. The third kappa shape index (κ3) is 2.76. The molecule has 0 bridgehead atoms. The van der Waals surface area contributed by atoms with Gasteiger partial charge in [-0.25, -0.2) is 0 Å². The number of ether oxygens (including phenoxy) is 1. The van der Waals surface area contributed by atoms with Gasteiger partial charge in [0.15, 0.2) is 0 Å². The average Bonchev–Trinajstić information content (AvgIpc) is 3.32. The second-order valence-corrected chi connectivity index (χ2v) is 10.9. The van der Waals surface area contributed by atoms with Gasteiger partial charge in [0.25, 0.3) is 0 Å². The van der Waals surface area contributed by atoms with Crippen LogP contribution in [-0.4, -0.2) is 0 Å². The average molecular weight is 509 g/mol. The zero-order valence-electron chi connectivity index (χ0n) is 21.8. The summed E-state index contributed by atoms with van der Waals surface area (Å²) < 4.78 is 6.60.